The minimum atomic E-state index is 0.275. The zero-order valence-corrected chi connectivity index (χ0v) is 16.4. The summed E-state index contributed by atoms with van der Waals surface area (Å²) in [7, 11) is 1.72. The molecule has 4 heterocycles. The third-order valence-corrected chi connectivity index (χ3v) is 5.61. The van der Waals surface area contributed by atoms with Crippen LogP contribution in [0.2, 0.25) is 0 Å². The van der Waals surface area contributed by atoms with Crippen molar-refractivity contribution in [1.82, 2.24) is 15.2 Å². The summed E-state index contributed by atoms with van der Waals surface area (Å²) in [6.07, 6.45) is 6.74. The van der Waals surface area contributed by atoms with E-state index in [1.807, 2.05) is 6.07 Å². The molecule has 6 nitrogen and oxygen atoms in total. The summed E-state index contributed by atoms with van der Waals surface area (Å²) < 4.78 is 16.6. The van der Waals surface area contributed by atoms with Gasteiger partial charge in [0.05, 0.1) is 12.8 Å². The van der Waals surface area contributed by atoms with Gasteiger partial charge in [-0.15, -0.1) is 0 Å². The van der Waals surface area contributed by atoms with Gasteiger partial charge in [0.15, 0.2) is 11.6 Å². The number of likely N-dealkylation sites (tertiary alicyclic amines) is 1. The Labute approximate surface area is 161 Å². The first kappa shape index (κ1) is 18.2. The molecule has 0 aromatic carbocycles. The van der Waals surface area contributed by atoms with Crippen LogP contribution in [0, 0.1) is 5.92 Å². The Morgan fingerprint density at radius 3 is 3.04 bits per heavy atom. The molecular formula is C21H29N3O3. The molecule has 3 atom stereocenters. The molecule has 1 saturated heterocycles. The maximum Gasteiger partial charge on any atom is 0.257 e. The lowest BCUT2D eigenvalue weighted by Gasteiger charge is -2.26. The SMILES string of the molecule is COC1=CC(C[C@@H]2CCN(C(C)c3ccc4c(n3)OCCO4)C2)=CC(C)N1. The van der Waals surface area contributed by atoms with Gasteiger partial charge in [-0.25, -0.2) is 4.98 Å². The van der Waals surface area contributed by atoms with E-state index in [0.29, 0.717) is 31.1 Å². The van der Waals surface area contributed by atoms with Gasteiger partial charge in [-0.3, -0.25) is 4.90 Å². The van der Waals surface area contributed by atoms with Crippen molar-refractivity contribution >= 4 is 0 Å². The summed E-state index contributed by atoms with van der Waals surface area (Å²) >= 11 is 0. The molecule has 1 N–H and O–H groups in total. The second-order valence-electron chi connectivity index (χ2n) is 7.65. The van der Waals surface area contributed by atoms with Gasteiger partial charge >= 0.3 is 0 Å². The first-order valence-corrected chi connectivity index (χ1v) is 9.86. The minimum Gasteiger partial charge on any atom is -0.484 e. The fourth-order valence-corrected chi connectivity index (χ4v) is 4.17. The zero-order chi connectivity index (χ0) is 18.8. The molecule has 1 aromatic rings. The molecule has 0 amide bonds. The molecule has 146 valence electrons. The van der Waals surface area contributed by atoms with Crippen molar-refractivity contribution in [2.45, 2.75) is 38.8 Å². The summed E-state index contributed by atoms with van der Waals surface area (Å²) in [6, 6.07) is 4.64. The molecule has 1 aromatic heterocycles. The fraction of sp³-hybridized carbons (Fsp3) is 0.571. The maximum absolute atomic E-state index is 5.64. The van der Waals surface area contributed by atoms with Crippen LogP contribution in [-0.4, -0.2) is 49.3 Å². The third-order valence-electron chi connectivity index (χ3n) is 5.61. The van der Waals surface area contributed by atoms with E-state index in [9.17, 15) is 0 Å². The maximum atomic E-state index is 5.64. The lowest BCUT2D eigenvalue weighted by molar-refractivity contribution is 0.162. The van der Waals surface area contributed by atoms with E-state index in [1.54, 1.807) is 7.11 Å². The number of pyridine rings is 1. The first-order valence-electron chi connectivity index (χ1n) is 9.86. The Morgan fingerprint density at radius 2 is 2.19 bits per heavy atom. The highest BCUT2D eigenvalue weighted by molar-refractivity contribution is 5.36. The summed E-state index contributed by atoms with van der Waals surface area (Å²) in [5.41, 5.74) is 2.42. The van der Waals surface area contributed by atoms with Gasteiger partial charge in [-0.2, -0.15) is 0 Å². The van der Waals surface area contributed by atoms with Crippen molar-refractivity contribution in [3.8, 4) is 11.6 Å². The number of fused-ring (bicyclic) bond motifs is 1. The van der Waals surface area contributed by atoms with E-state index in [2.05, 4.69) is 42.3 Å². The molecule has 6 heteroatoms. The Bertz CT molecular complexity index is 746. The van der Waals surface area contributed by atoms with E-state index in [4.69, 9.17) is 19.2 Å². The Hall–Kier alpha value is -2.21. The lowest BCUT2D eigenvalue weighted by atomic mass is 9.96. The Kier molecular flexibility index (Phi) is 5.25. The highest BCUT2D eigenvalue weighted by Gasteiger charge is 2.29. The molecule has 2 unspecified atom stereocenters. The average molecular weight is 371 g/mol. The average Bonchev–Trinajstić information content (AvgIpc) is 3.15. The smallest absolute Gasteiger partial charge is 0.257 e. The lowest BCUT2D eigenvalue weighted by Crippen LogP contribution is -2.28. The van der Waals surface area contributed by atoms with E-state index in [0.717, 1.165) is 36.8 Å². The number of hydrogen-bond donors (Lipinski definition) is 1. The first-order chi connectivity index (χ1) is 13.1. The van der Waals surface area contributed by atoms with Crippen molar-refractivity contribution in [1.29, 1.82) is 0 Å². The molecule has 0 radical (unpaired) electrons. The van der Waals surface area contributed by atoms with E-state index in [-0.39, 0.29) is 6.04 Å². The predicted octanol–water partition coefficient (Wildman–Crippen LogP) is 3.03. The molecule has 0 saturated carbocycles. The van der Waals surface area contributed by atoms with Crippen LogP contribution < -0.4 is 14.8 Å². The topological polar surface area (TPSA) is 55.9 Å². The highest BCUT2D eigenvalue weighted by Crippen LogP contribution is 2.34. The van der Waals surface area contributed by atoms with Gasteiger partial charge in [0.2, 0.25) is 0 Å². The van der Waals surface area contributed by atoms with Crippen LogP contribution >= 0.6 is 0 Å². The van der Waals surface area contributed by atoms with Crippen LogP contribution in [0.25, 0.3) is 0 Å². The van der Waals surface area contributed by atoms with E-state index >= 15 is 0 Å². The second kappa shape index (κ2) is 7.80. The summed E-state index contributed by atoms with van der Waals surface area (Å²) in [5, 5.41) is 3.32. The molecular weight excluding hydrogens is 342 g/mol. The van der Waals surface area contributed by atoms with Gasteiger partial charge in [0, 0.05) is 24.7 Å². The number of hydrogen-bond acceptors (Lipinski definition) is 6. The summed E-state index contributed by atoms with van der Waals surface area (Å²) in [6.45, 7) is 7.75. The van der Waals surface area contributed by atoms with Crippen molar-refractivity contribution in [3.63, 3.8) is 0 Å². The van der Waals surface area contributed by atoms with Crippen molar-refractivity contribution < 1.29 is 14.2 Å². The monoisotopic (exact) mass is 371 g/mol. The number of ether oxygens (including phenoxy) is 3. The number of nitrogens with zero attached hydrogens (tertiary/aromatic N) is 2. The fourth-order valence-electron chi connectivity index (χ4n) is 4.17. The third kappa shape index (κ3) is 4.05. The largest absolute Gasteiger partial charge is 0.484 e. The van der Waals surface area contributed by atoms with Crippen LogP contribution in [0.4, 0.5) is 0 Å². The van der Waals surface area contributed by atoms with Gasteiger partial charge in [-0.1, -0.05) is 6.08 Å². The predicted molar refractivity (Wildman–Crippen MR) is 104 cm³/mol. The Balaban J connectivity index is 1.38. The molecule has 0 spiro atoms. The molecule has 3 aliphatic rings. The van der Waals surface area contributed by atoms with Crippen LogP contribution in [0.1, 0.15) is 38.4 Å². The van der Waals surface area contributed by atoms with Gasteiger partial charge in [0.1, 0.15) is 13.2 Å². The molecule has 4 rings (SSSR count). The van der Waals surface area contributed by atoms with Crippen molar-refractivity contribution in [2.75, 3.05) is 33.4 Å². The zero-order valence-electron chi connectivity index (χ0n) is 16.4. The van der Waals surface area contributed by atoms with E-state index < -0.39 is 0 Å². The second-order valence-corrected chi connectivity index (χ2v) is 7.65. The van der Waals surface area contributed by atoms with E-state index in [1.165, 1.54) is 12.0 Å². The van der Waals surface area contributed by atoms with Crippen LogP contribution in [0.5, 0.6) is 11.6 Å². The number of nitrogens with one attached hydrogen (secondary N) is 1. The molecule has 1 fully saturated rings. The van der Waals surface area contributed by atoms with Gasteiger partial charge in [-0.05, 0) is 56.9 Å². The van der Waals surface area contributed by atoms with Gasteiger partial charge < -0.3 is 19.5 Å². The molecule has 0 bridgehead atoms. The van der Waals surface area contributed by atoms with Crippen LogP contribution in [-0.2, 0) is 4.74 Å². The normalized spacial score (nSPS) is 26.0. The standard InChI is InChI=1S/C21H29N3O3/c1-14-10-17(12-20(22-14)25-3)11-16-6-7-24(13-16)15(2)18-4-5-19-21(23-18)27-9-8-26-19/h4-5,10,12,14-16,22H,6-9,11,13H2,1-3H3/t14?,15?,16-/m0/s1. The number of methoxy groups -OCH3 is 1. The molecule has 3 aliphatic heterocycles. The van der Waals surface area contributed by atoms with Crippen molar-refractivity contribution in [3.05, 3.63) is 41.4 Å². The molecule has 27 heavy (non-hydrogen) atoms. The quantitative estimate of drug-likeness (QED) is 0.859. The molecule has 0 aliphatic carbocycles. The highest BCUT2D eigenvalue weighted by atomic mass is 16.6. The van der Waals surface area contributed by atoms with Gasteiger partial charge in [0.25, 0.3) is 5.88 Å². The number of allylic oxidation sites excluding steroid dienone is 2. The van der Waals surface area contributed by atoms with Crippen LogP contribution in [0.15, 0.2) is 35.7 Å². The number of dihydropyridines is 1. The summed E-state index contributed by atoms with van der Waals surface area (Å²) in [5.74, 6) is 2.91. The number of aromatic nitrogens is 1. The van der Waals surface area contributed by atoms with Crippen molar-refractivity contribution in [2.24, 2.45) is 5.92 Å². The summed E-state index contributed by atoms with van der Waals surface area (Å²) in [4.78, 5) is 7.22. The minimum absolute atomic E-state index is 0.275. The van der Waals surface area contributed by atoms with Crippen LogP contribution in [0.3, 0.4) is 0 Å². The number of rotatable bonds is 5. The Morgan fingerprint density at radius 1 is 1.33 bits per heavy atom.